The molecule has 3 rings (SSSR count). The molecule has 0 fully saturated rings. The summed E-state index contributed by atoms with van der Waals surface area (Å²) in [6.45, 7) is 0. The summed E-state index contributed by atoms with van der Waals surface area (Å²) >= 11 is 3.19. The Balaban J connectivity index is 2.25. The number of fused-ring (bicyclic) bond motifs is 1. The van der Waals surface area contributed by atoms with E-state index in [-0.39, 0.29) is 27.1 Å². The van der Waals surface area contributed by atoms with Crippen LogP contribution in [-0.4, -0.2) is 43.9 Å². The third-order valence-corrected chi connectivity index (χ3v) is 7.59. The van der Waals surface area contributed by atoms with E-state index in [0.717, 1.165) is 12.1 Å². The van der Waals surface area contributed by atoms with Gasteiger partial charge in [-0.2, -0.15) is 0 Å². The zero-order valence-corrected chi connectivity index (χ0v) is 18.1. The van der Waals surface area contributed by atoms with Crippen LogP contribution in [0.3, 0.4) is 0 Å². The average molecular weight is 516 g/mol. The highest BCUT2D eigenvalue weighted by Gasteiger charge is 2.27. The fourth-order valence-electron chi connectivity index (χ4n) is 2.75. The van der Waals surface area contributed by atoms with E-state index in [9.17, 15) is 31.8 Å². The van der Waals surface area contributed by atoms with E-state index in [0.29, 0.717) is 4.47 Å². The molecule has 0 saturated carbocycles. The standard InChI is InChI=1S/C18H14BrNO8S2/c19-10-1-4-12(5-2-10)30(27,28)20-15-8-16(29(25,26)9-17(22)23)18(24)13-6-3-11(21)7-14(13)15/h1-8,20-21,24H,9H2,(H,22,23). The summed E-state index contributed by atoms with van der Waals surface area (Å²) in [5.74, 6) is -3.95. The number of sulfone groups is 1. The van der Waals surface area contributed by atoms with Gasteiger partial charge < -0.3 is 15.3 Å². The number of rotatable bonds is 6. The molecule has 4 N–H and O–H groups in total. The van der Waals surface area contributed by atoms with E-state index >= 15 is 0 Å². The van der Waals surface area contributed by atoms with E-state index in [1.807, 2.05) is 0 Å². The number of sulfonamides is 1. The number of halogens is 1. The molecule has 0 heterocycles. The minimum absolute atomic E-state index is 0.0162. The molecule has 3 aromatic rings. The molecule has 9 nitrogen and oxygen atoms in total. The number of hydrogen-bond acceptors (Lipinski definition) is 7. The van der Waals surface area contributed by atoms with Crippen LogP contribution in [0, 0.1) is 0 Å². The first-order chi connectivity index (χ1) is 13.9. The Hall–Kier alpha value is -2.83. The Morgan fingerprint density at radius 1 is 0.933 bits per heavy atom. The number of aromatic hydroxyl groups is 2. The van der Waals surface area contributed by atoms with Crippen molar-refractivity contribution in [2.24, 2.45) is 0 Å². The summed E-state index contributed by atoms with van der Waals surface area (Å²) in [5, 5.41) is 29.0. The van der Waals surface area contributed by atoms with Gasteiger partial charge in [-0.3, -0.25) is 9.52 Å². The highest BCUT2D eigenvalue weighted by molar-refractivity contribution is 9.10. The Labute approximate surface area is 179 Å². The van der Waals surface area contributed by atoms with Gasteiger partial charge in [-0.1, -0.05) is 15.9 Å². The Kier molecular flexibility index (Phi) is 5.67. The first kappa shape index (κ1) is 21.9. The number of hydrogen-bond donors (Lipinski definition) is 4. The molecule has 0 aliphatic rings. The number of aliphatic carboxylic acids is 1. The molecule has 0 unspecified atom stereocenters. The van der Waals surface area contributed by atoms with Crippen LogP contribution in [0.4, 0.5) is 5.69 Å². The first-order valence-electron chi connectivity index (χ1n) is 8.12. The van der Waals surface area contributed by atoms with E-state index < -0.39 is 42.2 Å². The van der Waals surface area contributed by atoms with Crippen molar-refractivity contribution < 1.29 is 36.9 Å². The van der Waals surface area contributed by atoms with E-state index in [1.54, 1.807) is 0 Å². The SMILES string of the molecule is O=C(O)CS(=O)(=O)c1cc(NS(=O)(=O)c2ccc(Br)cc2)c2cc(O)ccc2c1O. The number of phenols is 2. The minimum atomic E-state index is -4.49. The second-order valence-electron chi connectivity index (χ2n) is 6.21. The van der Waals surface area contributed by atoms with Crippen molar-refractivity contribution in [3.63, 3.8) is 0 Å². The summed E-state index contributed by atoms with van der Waals surface area (Å²) in [5.41, 5.74) is -0.259. The van der Waals surface area contributed by atoms with Crippen molar-refractivity contribution in [2.45, 2.75) is 9.79 Å². The molecular formula is C18H14BrNO8S2. The predicted molar refractivity (Wildman–Crippen MR) is 112 cm³/mol. The Morgan fingerprint density at radius 2 is 1.57 bits per heavy atom. The molecule has 0 aliphatic heterocycles. The molecule has 0 spiro atoms. The fourth-order valence-corrected chi connectivity index (χ4v) is 5.27. The van der Waals surface area contributed by atoms with Crippen LogP contribution < -0.4 is 4.72 Å². The number of nitrogens with one attached hydrogen (secondary N) is 1. The van der Waals surface area contributed by atoms with Crippen LogP contribution in [0.15, 0.2) is 62.8 Å². The van der Waals surface area contributed by atoms with Crippen molar-refractivity contribution in [1.82, 2.24) is 0 Å². The Morgan fingerprint density at radius 3 is 2.17 bits per heavy atom. The molecular weight excluding hydrogens is 502 g/mol. The third kappa shape index (κ3) is 4.35. The van der Waals surface area contributed by atoms with Crippen LogP contribution in [-0.2, 0) is 24.7 Å². The maximum Gasteiger partial charge on any atom is 0.319 e. The van der Waals surface area contributed by atoms with Crippen LogP contribution in [0.5, 0.6) is 11.5 Å². The molecule has 0 aliphatic carbocycles. The highest BCUT2D eigenvalue weighted by Crippen LogP contribution is 2.39. The van der Waals surface area contributed by atoms with Crippen molar-refractivity contribution in [1.29, 1.82) is 0 Å². The number of carbonyl (C=O) groups is 1. The van der Waals surface area contributed by atoms with Gasteiger partial charge in [0.05, 0.1) is 10.6 Å². The van der Waals surface area contributed by atoms with Crippen molar-refractivity contribution in [3.05, 3.63) is 53.0 Å². The summed E-state index contributed by atoms with van der Waals surface area (Å²) in [7, 11) is -8.67. The van der Waals surface area contributed by atoms with Gasteiger partial charge in [0, 0.05) is 15.2 Å². The first-order valence-corrected chi connectivity index (χ1v) is 12.1. The Bertz CT molecular complexity index is 1370. The number of phenolic OH excluding ortho intramolecular Hbond substituents is 2. The molecule has 0 saturated heterocycles. The normalized spacial score (nSPS) is 12.0. The summed E-state index contributed by atoms with van der Waals surface area (Å²) < 4.78 is 53.3. The molecule has 0 amide bonds. The maximum absolute atomic E-state index is 12.8. The fraction of sp³-hybridized carbons (Fsp3) is 0.0556. The zero-order valence-electron chi connectivity index (χ0n) is 14.9. The number of carboxylic acid groups (broad SMARTS) is 1. The molecule has 0 atom stereocenters. The van der Waals surface area contributed by atoms with Crippen molar-refractivity contribution in [2.75, 3.05) is 10.5 Å². The molecule has 0 aromatic heterocycles. The molecule has 158 valence electrons. The predicted octanol–water partition coefficient (Wildman–Crippen LogP) is 2.67. The van der Waals surface area contributed by atoms with Gasteiger partial charge in [0.2, 0.25) is 0 Å². The molecule has 12 heteroatoms. The van der Waals surface area contributed by atoms with Gasteiger partial charge in [0.25, 0.3) is 10.0 Å². The number of carboxylic acids is 1. The van der Waals surface area contributed by atoms with Crippen LogP contribution in [0.2, 0.25) is 0 Å². The second kappa shape index (κ2) is 7.78. The lowest BCUT2D eigenvalue weighted by atomic mass is 10.1. The summed E-state index contributed by atoms with van der Waals surface area (Å²) in [6.07, 6.45) is 0. The molecule has 3 aromatic carbocycles. The van der Waals surface area contributed by atoms with Crippen molar-refractivity contribution >= 4 is 58.2 Å². The van der Waals surface area contributed by atoms with E-state index in [2.05, 4.69) is 20.7 Å². The lowest BCUT2D eigenvalue weighted by Gasteiger charge is -2.15. The van der Waals surface area contributed by atoms with Gasteiger partial charge >= 0.3 is 5.97 Å². The lowest BCUT2D eigenvalue weighted by molar-refractivity contribution is -0.134. The van der Waals surface area contributed by atoms with Gasteiger partial charge in [-0.15, -0.1) is 0 Å². The van der Waals surface area contributed by atoms with Crippen LogP contribution in [0.1, 0.15) is 0 Å². The second-order valence-corrected chi connectivity index (χ2v) is 10.8. The van der Waals surface area contributed by atoms with Gasteiger partial charge in [-0.25, -0.2) is 16.8 Å². The van der Waals surface area contributed by atoms with Gasteiger partial charge in [-0.05, 0) is 48.5 Å². The van der Waals surface area contributed by atoms with Crippen LogP contribution >= 0.6 is 15.9 Å². The van der Waals surface area contributed by atoms with E-state index in [1.165, 1.54) is 36.4 Å². The molecule has 0 radical (unpaired) electrons. The zero-order chi connectivity index (χ0) is 22.3. The number of benzene rings is 3. The van der Waals surface area contributed by atoms with Gasteiger partial charge in [0.15, 0.2) is 15.6 Å². The highest BCUT2D eigenvalue weighted by atomic mass is 79.9. The third-order valence-electron chi connectivity index (χ3n) is 4.07. The maximum atomic E-state index is 12.8. The largest absolute Gasteiger partial charge is 0.508 e. The average Bonchev–Trinajstić information content (AvgIpc) is 2.63. The smallest absolute Gasteiger partial charge is 0.319 e. The molecule has 30 heavy (non-hydrogen) atoms. The molecule has 0 bridgehead atoms. The number of anilines is 1. The summed E-state index contributed by atoms with van der Waals surface area (Å²) in [4.78, 5) is 10.0. The lowest BCUT2D eigenvalue weighted by Crippen LogP contribution is -2.17. The quantitative estimate of drug-likeness (QED) is 0.364. The van der Waals surface area contributed by atoms with Gasteiger partial charge in [0.1, 0.15) is 16.4 Å². The van der Waals surface area contributed by atoms with E-state index in [4.69, 9.17) is 5.11 Å². The topological polar surface area (TPSA) is 158 Å². The summed E-state index contributed by atoms with van der Waals surface area (Å²) in [6, 6.07) is 9.95. The minimum Gasteiger partial charge on any atom is -0.508 e. The van der Waals surface area contributed by atoms with Crippen LogP contribution in [0.25, 0.3) is 10.8 Å². The monoisotopic (exact) mass is 515 g/mol. The van der Waals surface area contributed by atoms with Crippen molar-refractivity contribution in [3.8, 4) is 11.5 Å².